The van der Waals surface area contributed by atoms with Gasteiger partial charge >= 0.3 is 5.69 Å². The van der Waals surface area contributed by atoms with Gasteiger partial charge in [0.1, 0.15) is 9.90 Å². The number of nitrogens with zero attached hydrogens (tertiary/aromatic N) is 5. The molecule has 0 aliphatic carbocycles. The number of nitro groups is 1. The number of H-pyrrole nitrogens is 1. The van der Waals surface area contributed by atoms with E-state index in [1.54, 1.807) is 11.0 Å². The quantitative estimate of drug-likeness (QED) is 0.455. The molecule has 1 aliphatic rings. The van der Waals surface area contributed by atoms with E-state index in [1.165, 1.54) is 40.8 Å². The summed E-state index contributed by atoms with van der Waals surface area (Å²) in [6.07, 6.45) is 1.48. The highest BCUT2D eigenvalue weighted by atomic mass is 32.2. The molecule has 4 rings (SSSR count). The predicted octanol–water partition coefficient (Wildman–Crippen LogP) is 1.31. The molecule has 0 atom stereocenters. The molecule has 1 saturated heterocycles. The molecular weight excluding hydrogens is 432 g/mol. The number of rotatable bonds is 5. The van der Waals surface area contributed by atoms with E-state index in [2.05, 4.69) is 15.2 Å². The van der Waals surface area contributed by atoms with Crippen molar-refractivity contribution in [2.24, 2.45) is 0 Å². The van der Waals surface area contributed by atoms with Crippen LogP contribution in [0.1, 0.15) is 0 Å². The highest BCUT2D eigenvalue weighted by Gasteiger charge is 2.32. The van der Waals surface area contributed by atoms with Crippen LogP contribution in [-0.4, -0.2) is 59.0 Å². The number of hydrogen-bond donors (Lipinski definition) is 1. The van der Waals surface area contributed by atoms with Crippen molar-refractivity contribution in [3.05, 3.63) is 63.1 Å². The Bertz CT molecular complexity index is 1230. The summed E-state index contributed by atoms with van der Waals surface area (Å²) in [5.74, 6) is 0.238. The van der Waals surface area contributed by atoms with Gasteiger partial charge in [-0.15, -0.1) is 11.3 Å². The van der Waals surface area contributed by atoms with Gasteiger partial charge < -0.3 is 4.90 Å². The molecule has 156 valence electrons. The third-order valence-corrected chi connectivity index (χ3v) is 8.08. The Balaban J connectivity index is 1.50. The van der Waals surface area contributed by atoms with Crippen LogP contribution in [0.15, 0.2) is 51.6 Å². The van der Waals surface area contributed by atoms with Crippen molar-refractivity contribution in [3.63, 3.8) is 0 Å². The van der Waals surface area contributed by atoms with Gasteiger partial charge in [0.15, 0.2) is 0 Å². The number of aromatic nitrogens is 3. The summed E-state index contributed by atoms with van der Waals surface area (Å²) < 4.78 is 27.6. The minimum Gasteiger partial charge on any atom is -0.348 e. The zero-order chi connectivity index (χ0) is 21.3. The summed E-state index contributed by atoms with van der Waals surface area (Å²) in [6.45, 7) is 0.938. The molecule has 0 unspecified atom stereocenters. The van der Waals surface area contributed by atoms with E-state index >= 15 is 0 Å². The summed E-state index contributed by atoms with van der Waals surface area (Å²) in [7, 11) is -3.72. The predicted molar refractivity (Wildman–Crippen MR) is 110 cm³/mol. The second kappa shape index (κ2) is 7.93. The maximum Gasteiger partial charge on any atom is 0.311 e. The lowest BCUT2D eigenvalue weighted by Crippen LogP contribution is -2.48. The Morgan fingerprint density at radius 1 is 1.10 bits per heavy atom. The van der Waals surface area contributed by atoms with Crippen molar-refractivity contribution in [1.82, 2.24) is 19.5 Å². The zero-order valence-electron chi connectivity index (χ0n) is 15.5. The highest BCUT2D eigenvalue weighted by Crippen LogP contribution is 2.32. The minimum atomic E-state index is -3.72. The van der Waals surface area contributed by atoms with Crippen LogP contribution >= 0.6 is 11.3 Å². The maximum absolute atomic E-state index is 13.0. The largest absolute Gasteiger partial charge is 0.348 e. The van der Waals surface area contributed by atoms with Crippen LogP contribution in [0.5, 0.6) is 0 Å². The molecule has 0 spiro atoms. The van der Waals surface area contributed by atoms with Gasteiger partial charge in [-0.05, 0) is 24.3 Å². The van der Waals surface area contributed by atoms with Crippen molar-refractivity contribution < 1.29 is 13.3 Å². The fourth-order valence-electron chi connectivity index (χ4n) is 3.12. The molecule has 30 heavy (non-hydrogen) atoms. The van der Waals surface area contributed by atoms with Gasteiger partial charge in [-0.2, -0.15) is 9.40 Å². The van der Waals surface area contributed by atoms with Crippen LogP contribution < -0.4 is 10.5 Å². The van der Waals surface area contributed by atoms with Gasteiger partial charge in [0, 0.05) is 44.5 Å². The van der Waals surface area contributed by atoms with E-state index in [4.69, 9.17) is 0 Å². The smallest absolute Gasteiger partial charge is 0.311 e. The van der Waals surface area contributed by atoms with Crippen LogP contribution in [0.25, 0.3) is 10.6 Å². The summed E-state index contributed by atoms with van der Waals surface area (Å²) in [4.78, 5) is 28.3. The van der Waals surface area contributed by atoms with E-state index in [9.17, 15) is 23.3 Å². The first-order chi connectivity index (χ1) is 14.4. The molecule has 4 heterocycles. The standard InChI is InChI=1S/C17H16N6O5S2/c24-15-5-3-12(19-20-15)14-4-6-16(29-14)30(27,28)22-10-8-21(9-11-22)17-13(23(25)26)2-1-7-18-17/h1-7H,8-11H2,(H,20,24). The first-order valence-electron chi connectivity index (χ1n) is 8.87. The normalized spacial score (nSPS) is 15.3. The Labute approximate surface area is 174 Å². The minimum absolute atomic E-state index is 0.106. The van der Waals surface area contributed by atoms with Gasteiger partial charge in [0.25, 0.3) is 15.6 Å². The fourth-order valence-corrected chi connectivity index (χ4v) is 5.97. The second-order valence-corrected chi connectivity index (χ2v) is 9.67. The molecule has 1 fully saturated rings. The van der Waals surface area contributed by atoms with Crippen molar-refractivity contribution >= 4 is 32.9 Å². The van der Waals surface area contributed by atoms with Crippen LogP contribution in [-0.2, 0) is 10.0 Å². The number of hydrogen-bond acceptors (Lipinski definition) is 9. The summed E-state index contributed by atoms with van der Waals surface area (Å²) in [5.41, 5.74) is 0.0348. The number of piperazine rings is 1. The van der Waals surface area contributed by atoms with Crippen molar-refractivity contribution in [1.29, 1.82) is 0 Å². The third kappa shape index (κ3) is 3.81. The molecular formula is C17H16N6O5S2. The number of sulfonamides is 1. The molecule has 0 radical (unpaired) electrons. The fraction of sp³-hybridized carbons (Fsp3) is 0.235. The van der Waals surface area contributed by atoms with Gasteiger partial charge in [-0.25, -0.2) is 18.5 Å². The van der Waals surface area contributed by atoms with Crippen molar-refractivity contribution in [2.45, 2.75) is 4.21 Å². The van der Waals surface area contributed by atoms with Crippen LogP contribution in [0.4, 0.5) is 11.5 Å². The first-order valence-corrected chi connectivity index (χ1v) is 11.1. The molecule has 0 bridgehead atoms. The van der Waals surface area contributed by atoms with Gasteiger partial charge in [-0.3, -0.25) is 14.9 Å². The van der Waals surface area contributed by atoms with Gasteiger partial charge in [0.2, 0.25) is 5.82 Å². The monoisotopic (exact) mass is 448 g/mol. The molecule has 11 nitrogen and oxygen atoms in total. The summed E-state index contributed by atoms with van der Waals surface area (Å²) in [6, 6.07) is 8.88. The number of thiophene rings is 1. The SMILES string of the molecule is O=c1ccc(-c2ccc(S(=O)(=O)N3CCN(c4ncccc4[N+](=O)[O-])CC3)s2)n[nH]1. The van der Waals surface area contributed by atoms with Crippen molar-refractivity contribution in [3.8, 4) is 10.6 Å². The van der Waals surface area contributed by atoms with Crippen LogP contribution in [0, 0.1) is 10.1 Å². The Hall–Kier alpha value is -3.16. The average molecular weight is 448 g/mol. The summed E-state index contributed by atoms with van der Waals surface area (Å²) in [5, 5.41) is 17.5. The topological polar surface area (TPSA) is 142 Å². The first kappa shape index (κ1) is 20.1. The molecule has 3 aromatic heterocycles. The average Bonchev–Trinajstić information content (AvgIpc) is 3.25. The maximum atomic E-state index is 13.0. The number of anilines is 1. The lowest BCUT2D eigenvalue weighted by molar-refractivity contribution is -0.384. The third-order valence-electron chi connectivity index (χ3n) is 4.61. The van der Waals surface area contributed by atoms with E-state index in [0.29, 0.717) is 10.6 Å². The Kier molecular flexibility index (Phi) is 5.32. The van der Waals surface area contributed by atoms with Crippen LogP contribution in [0.2, 0.25) is 0 Å². The van der Waals surface area contributed by atoms with Gasteiger partial charge in [0.05, 0.1) is 9.80 Å². The van der Waals surface area contributed by atoms with E-state index in [0.717, 1.165) is 11.3 Å². The van der Waals surface area contributed by atoms with Gasteiger partial charge in [-0.1, -0.05) is 0 Å². The number of aromatic amines is 1. The molecule has 1 aliphatic heterocycles. The summed E-state index contributed by atoms with van der Waals surface area (Å²) >= 11 is 1.07. The molecule has 3 aromatic rings. The molecule has 0 saturated carbocycles. The van der Waals surface area contributed by atoms with E-state index < -0.39 is 14.9 Å². The number of pyridine rings is 1. The lowest BCUT2D eigenvalue weighted by Gasteiger charge is -2.34. The van der Waals surface area contributed by atoms with E-state index in [1.807, 2.05) is 0 Å². The molecule has 0 aromatic carbocycles. The van der Waals surface area contributed by atoms with Crippen LogP contribution in [0.3, 0.4) is 0 Å². The lowest BCUT2D eigenvalue weighted by atomic mass is 10.3. The second-order valence-electron chi connectivity index (χ2n) is 6.42. The Morgan fingerprint density at radius 3 is 2.53 bits per heavy atom. The molecule has 1 N–H and O–H groups in total. The number of nitrogens with one attached hydrogen (secondary N) is 1. The molecule has 13 heteroatoms. The van der Waals surface area contributed by atoms with Crippen molar-refractivity contribution in [2.75, 3.05) is 31.1 Å². The highest BCUT2D eigenvalue weighted by molar-refractivity contribution is 7.91. The molecule has 0 amide bonds. The Morgan fingerprint density at radius 2 is 1.87 bits per heavy atom. The zero-order valence-corrected chi connectivity index (χ0v) is 17.1. The van der Waals surface area contributed by atoms with E-state index in [-0.39, 0.29) is 47.5 Å².